The minimum atomic E-state index is -0.0690. The molecule has 3 aromatic carbocycles. The van der Waals surface area contributed by atoms with Crippen LogP contribution in [-0.4, -0.2) is 0 Å². The van der Waals surface area contributed by atoms with Crippen molar-refractivity contribution in [3.05, 3.63) is 77.4 Å². The van der Waals surface area contributed by atoms with Crippen LogP contribution in [0.2, 0.25) is 0 Å². The minimum absolute atomic E-state index is 0.0690. The number of allylic oxidation sites excluding steroid dienone is 2. The fourth-order valence-electron chi connectivity index (χ4n) is 4.49. The van der Waals surface area contributed by atoms with E-state index >= 15 is 0 Å². The molecule has 0 N–H and O–H groups in total. The zero-order chi connectivity index (χ0) is 18.1. The molecule has 0 spiro atoms. The summed E-state index contributed by atoms with van der Waals surface area (Å²) in [6.07, 6.45) is 2.17. The Kier molecular flexibility index (Phi) is 3.04. The molecule has 1 aromatic heterocycles. The molecule has 1 nitrogen and oxygen atoms in total. The van der Waals surface area contributed by atoms with Crippen LogP contribution < -0.4 is 0 Å². The summed E-state index contributed by atoms with van der Waals surface area (Å²) in [6.45, 7) is 8.89. The average Bonchev–Trinajstić information content (AvgIpc) is 3.14. The van der Waals surface area contributed by atoms with E-state index in [4.69, 9.17) is 4.42 Å². The molecule has 0 unspecified atom stereocenters. The normalized spacial score (nSPS) is 15.5. The number of furan rings is 1. The second kappa shape index (κ2) is 5.11. The van der Waals surface area contributed by atoms with Crippen LogP contribution in [0, 0.1) is 0 Å². The summed E-state index contributed by atoms with van der Waals surface area (Å²) in [7, 11) is 0. The van der Waals surface area contributed by atoms with Crippen molar-refractivity contribution in [3.8, 4) is 11.1 Å². The highest BCUT2D eigenvalue weighted by Gasteiger charge is 2.38. The first kappa shape index (κ1) is 15.5. The van der Waals surface area contributed by atoms with Crippen molar-refractivity contribution in [2.45, 2.75) is 33.1 Å². The number of para-hydroxylation sites is 1. The third-order valence-corrected chi connectivity index (χ3v) is 6.04. The standard InChI is InChI=1S/C25H22O/c1-5-15(2)16-10-13-21-20(14-16)18-11-12-19-17-8-6-7-9-22(17)26-24(19)23(18)25(21,3)4/h5-14H,1-4H3/b15-5+. The van der Waals surface area contributed by atoms with E-state index in [1.165, 1.54) is 44.2 Å². The molecule has 0 bridgehead atoms. The maximum atomic E-state index is 6.35. The Morgan fingerprint density at radius 2 is 1.73 bits per heavy atom. The van der Waals surface area contributed by atoms with Gasteiger partial charge in [0.15, 0.2) is 0 Å². The zero-order valence-corrected chi connectivity index (χ0v) is 15.7. The summed E-state index contributed by atoms with van der Waals surface area (Å²) >= 11 is 0. The largest absolute Gasteiger partial charge is 0.456 e. The highest BCUT2D eigenvalue weighted by molar-refractivity contribution is 6.09. The lowest BCUT2D eigenvalue weighted by Gasteiger charge is -2.21. The fraction of sp³-hybridized carbons (Fsp3) is 0.200. The summed E-state index contributed by atoms with van der Waals surface area (Å²) in [5.41, 5.74) is 9.88. The van der Waals surface area contributed by atoms with Crippen molar-refractivity contribution in [2.24, 2.45) is 0 Å². The van der Waals surface area contributed by atoms with Gasteiger partial charge in [0.25, 0.3) is 0 Å². The second-order valence-electron chi connectivity index (χ2n) is 7.82. The molecule has 0 saturated heterocycles. The van der Waals surface area contributed by atoms with Gasteiger partial charge in [-0.05, 0) is 59.9 Å². The molecule has 5 rings (SSSR count). The Labute approximate surface area is 154 Å². The first-order valence-corrected chi connectivity index (χ1v) is 9.25. The summed E-state index contributed by atoms with van der Waals surface area (Å²) in [6, 6.07) is 19.7. The van der Waals surface area contributed by atoms with E-state index in [1.54, 1.807) is 0 Å². The monoisotopic (exact) mass is 338 g/mol. The molecular weight excluding hydrogens is 316 g/mol. The van der Waals surface area contributed by atoms with Gasteiger partial charge in [-0.1, -0.05) is 56.3 Å². The SMILES string of the molecule is C/C=C(\C)c1ccc2c(c1)-c1ccc3c(oc4ccccc43)c1C2(C)C. The topological polar surface area (TPSA) is 13.1 Å². The summed E-state index contributed by atoms with van der Waals surface area (Å²) < 4.78 is 6.35. The number of rotatable bonds is 1. The molecule has 26 heavy (non-hydrogen) atoms. The van der Waals surface area contributed by atoms with E-state index < -0.39 is 0 Å². The minimum Gasteiger partial charge on any atom is -0.456 e. The van der Waals surface area contributed by atoms with Gasteiger partial charge < -0.3 is 4.42 Å². The van der Waals surface area contributed by atoms with Crippen LogP contribution in [0.25, 0.3) is 38.6 Å². The number of fused-ring (bicyclic) bond motifs is 7. The van der Waals surface area contributed by atoms with E-state index in [9.17, 15) is 0 Å². The van der Waals surface area contributed by atoms with Crippen molar-refractivity contribution in [2.75, 3.05) is 0 Å². The summed E-state index contributed by atoms with van der Waals surface area (Å²) in [5.74, 6) is 0. The van der Waals surface area contributed by atoms with Crippen molar-refractivity contribution >= 4 is 27.5 Å². The molecule has 0 amide bonds. The highest BCUT2D eigenvalue weighted by atomic mass is 16.3. The number of hydrogen-bond donors (Lipinski definition) is 0. The molecule has 0 fully saturated rings. The Balaban J connectivity index is 1.88. The number of benzene rings is 3. The van der Waals surface area contributed by atoms with Gasteiger partial charge in [0.2, 0.25) is 0 Å². The van der Waals surface area contributed by atoms with Crippen LogP contribution in [0.15, 0.2) is 65.1 Å². The summed E-state index contributed by atoms with van der Waals surface area (Å²) in [4.78, 5) is 0. The zero-order valence-electron chi connectivity index (χ0n) is 15.7. The molecule has 1 aliphatic rings. The molecular formula is C25H22O. The van der Waals surface area contributed by atoms with Crippen molar-refractivity contribution in [1.82, 2.24) is 0 Å². The third-order valence-electron chi connectivity index (χ3n) is 6.04. The Hall–Kier alpha value is -2.80. The quantitative estimate of drug-likeness (QED) is 0.354. The van der Waals surface area contributed by atoms with E-state index in [2.05, 4.69) is 82.3 Å². The van der Waals surface area contributed by atoms with Gasteiger partial charge in [-0.25, -0.2) is 0 Å². The van der Waals surface area contributed by atoms with Crippen molar-refractivity contribution in [3.63, 3.8) is 0 Å². The smallest absolute Gasteiger partial charge is 0.140 e. The van der Waals surface area contributed by atoms with Gasteiger partial charge in [-0.2, -0.15) is 0 Å². The molecule has 0 saturated carbocycles. The molecule has 4 aromatic rings. The molecule has 1 heteroatoms. The van der Waals surface area contributed by atoms with Gasteiger partial charge in [-0.3, -0.25) is 0 Å². The molecule has 0 aliphatic heterocycles. The molecule has 0 radical (unpaired) electrons. The van der Waals surface area contributed by atoms with E-state index in [0.29, 0.717) is 0 Å². The van der Waals surface area contributed by atoms with Crippen LogP contribution in [-0.2, 0) is 5.41 Å². The van der Waals surface area contributed by atoms with E-state index in [0.717, 1.165) is 11.2 Å². The lowest BCUT2D eigenvalue weighted by atomic mass is 9.81. The highest BCUT2D eigenvalue weighted by Crippen LogP contribution is 2.52. The summed E-state index contributed by atoms with van der Waals surface area (Å²) in [5, 5.41) is 2.41. The predicted molar refractivity (Wildman–Crippen MR) is 111 cm³/mol. The number of hydrogen-bond acceptors (Lipinski definition) is 1. The van der Waals surface area contributed by atoms with E-state index in [-0.39, 0.29) is 5.41 Å². The van der Waals surface area contributed by atoms with Crippen molar-refractivity contribution in [1.29, 1.82) is 0 Å². The Morgan fingerprint density at radius 3 is 2.54 bits per heavy atom. The van der Waals surface area contributed by atoms with Gasteiger partial charge in [0.05, 0.1) is 0 Å². The molecule has 0 atom stereocenters. The van der Waals surface area contributed by atoms with Gasteiger partial charge in [-0.15, -0.1) is 0 Å². The van der Waals surface area contributed by atoms with Gasteiger partial charge in [0, 0.05) is 21.8 Å². The van der Waals surface area contributed by atoms with Gasteiger partial charge in [0.1, 0.15) is 11.2 Å². The first-order chi connectivity index (χ1) is 12.5. The molecule has 1 heterocycles. The van der Waals surface area contributed by atoms with Gasteiger partial charge >= 0.3 is 0 Å². The van der Waals surface area contributed by atoms with Crippen LogP contribution in [0.1, 0.15) is 44.4 Å². The predicted octanol–water partition coefficient (Wildman–Crippen LogP) is 7.32. The first-order valence-electron chi connectivity index (χ1n) is 9.25. The van der Waals surface area contributed by atoms with Crippen LogP contribution in [0.4, 0.5) is 0 Å². The third kappa shape index (κ3) is 1.86. The maximum Gasteiger partial charge on any atom is 0.140 e. The van der Waals surface area contributed by atoms with Crippen LogP contribution >= 0.6 is 0 Å². The lowest BCUT2D eigenvalue weighted by Crippen LogP contribution is -2.15. The van der Waals surface area contributed by atoms with Crippen LogP contribution in [0.5, 0.6) is 0 Å². The maximum absolute atomic E-state index is 6.35. The Bertz CT molecular complexity index is 1220. The van der Waals surface area contributed by atoms with E-state index in [1.807, 2.05) is 6.07 Å². The molecule has 1 aliphatic carbocycles. The molecule has 128 valence electrons. The Morgan fingerprint density at radius 1 is 0.923 bits per heavy atom. The lowest BCUT2D eigenvalue weighted by molar-refractivity contribution is 0.620. The average molecular weight is 338 g/mol. The fourth-order valence-corrected chi connectivity index (χ4v) is 4.49. The van der Waals surface area contributed by atoms with Crippen molar-refractivity contribution < 1.29 is 4.42 Å². The second-order valence-corrected chi connectivity index (χ2v) is 7.82. The van der Waals surface area contributed by atoms with Crippen LogP contribution in [0.3, 0.4) is 0 Å².